The molecule has 0 aromatic carbocycles. The standard InChI is InChI=1S/C10H15NO3/c1-4-5-11-8(12)6-7(9(13)14)10(6,2)3/h4,6-7H,1,5H2,2-3H3,(H,11,12)(H,13,14). The van der Waals surface area contributed by atoms with Crippen molar-refractivity contribution in [2.75, 3.05) is 6.54 Å². The molecule has 0 saturated heterocycles. The molecule has 1 saturated carbocycles. The van der Waals surface area contributed by atoms with E-state index < -0.39 is 23.2 Å². The zero-order valence-corrected chi connectivity index (χ0v) is 8.41. The largest absolute Gasteiger partial charge is 0.481 e. The van der Waals surface area contributed by atoms with E-state index in [0.29, 0.717) is 6.54 Å². The number of carboxylic acids is 1. The fraction of sp³-hybridized carbons (Fsp3) is 0.600. The molecule has 4 heteroatoms. The molecular weight excluding hydrogens is 182 g/mol. The summed E-state index contributed by atoms with van der Waals surface area (Å²) in [7, 11) is 0. The Kier molecular flexibility index (Phi) is 2.64. The van der Waals surface area contributed by atoms with Crippen LogP contribution in [0.25, 0.3) is 0 Å². The molecule has 1 rings (SSSR count). The second-order valence-corrected chi connectivity index (χ2v) is 4.15. The number of hydrogen-bond acceptors (Lipinski definition) is 2. The molecule has 4 nitrogen and oxygen atoms in total. The first kappa shape index (κ1) is 10.8. The number of amides is 1. The second kappa shape index (κ2) is 3.44. The Balaban J connectivity index is 2.59. The van der Waals surface area contributed by atoms with Crippen molar-refractivity contribution >= 4 is 11.9 Å². The summed E-state index contributed by atoms with van der Waals surface area (Å²) in [4.78, 5) is 22.2. The van der Waals surface area contributed by atoms with Gasteiger partial charge in [0.25, 0.3) is 0 Å². The molecule has 2 unspecified atom stereocenters. The van der Waals surface area contributed by atoms with Crippen LogP contribution in [0.5, 0.6) is 0 Å². The lowest BCUT2D eigenvalue weighted by atomic mass is 10.1. The number of aliphatic carboxylic acids is 1. The number of carbonyl (C=O) groups is 2. The van der Waals surface area contributed by atoms with Gasteiger partial charge in [-0.05, 0) is 5.41 Å². The summed E-state index contributed by atoms with van der Waals surface area (Å²) in [6, 6.07) is 0. The molecule has 1 aliphatic rings. The summed E-state index contributed by atoms with van der Waals surface area (Å²) >= 11 is 0. The maximum absolute atomic E-state index is 11.5. The lowest BCUT2D eigenvalue weighted by Gasteiger charge is -2.02. The first-order valence-electron chi connectivity index (χ1n) is 4.54. The molecule has 2 atom stereocenters. The zero-order chi connectivity index (χ0) is 10.9. The van der Waals surface area contributed by atoms with Crippen molar-refractivity contribution in [3.63, 3.8) is 0 Å². The quantitative estimate of drug-likeness (QED) is 0.650. The minimum Gasteiger partial charge on any atom is -0.481 e. The van der Waals surface area contributed by atoms with Crippen LogP contribution in [-0.4, -0.2) is 23.5 Å². The monoisotopic (exact) mass is 197 g/mol. The van der Waals surface area contributed by atoms with Crippen molar-refractivity contribution in [3.8, 4) is 0 Å². The van der Waals surface area contributed by atoms with E-state index in [1.165, 1.54) is 0 Å². The fourth-order valence-electron chi connectivity index (χ4n) is 1.87. The maximum Gasteiger partial charge on any atom is 0.307 e. The molecule has 14 heavy (non-hydrogen) atoms. The van der Waals surface area contributed by atoms with Crippen molar-refractivity contribution < 1.29 is 14.7 Å². The van der Waals surface area contributed by atoms with Gasteiger partial charge in [0, 0.05) is 6.54 Å². The number of hydrogen-bond donors (Lipinski definition) is 2. The highest BCUT2D eigenvalue weighted by Crippen LogP contribution is 2.58. The molecular formula is C10H15NO3. The van der Waals surface area contributed by atoms with E-state index in [2.05, 4.69) is 11.9 Å². The minimum absolute atomic E-state index is 0.192. The van der Waals surface area contributed by atoms with Crippen LogP contribution >= 0.6 is 0 Å². The molecule has 1 amide bonds. The van der Waals surface area contributed by atoms with Crippen molar-refractivity contribution in [1.82, 2.24) is 5.32 Å². The molecule has 0 aromatic heterocycles. The van der Waals surface area contributed by atoms with E-state index in [-0.39, 0.29) is 5.91 Å². The molecule has 0 aliphatic heterocycles. The SMILES string of the molecule is C=CCNC(=O)C1C(C(=O)O)C1(C)C. The first-order valence-corrected chi connectivity index (χ1v) is 4.54. The molecule has 1 fully saturated rings. The second-order valence-electron chi connectivity index (χ2n) is 4.15. The highest BCUT2D eigenvalue weighted by atomic mass is 16.4. The van der Waals surface area contributed by atoms with E-state index in [1.54, 1.807) is 19.9 Å². The van der Waals surface area contributed by atoms with Gasteiger partial charge >= 0.3 is 5.97 Å². The third-order valence-corrected chi connectivity index (χ3v) is 2.80. The van der Waals surface area contributed by atoms with Crippen LogP contribution < -0.4 is 5.32 Å². The van der Waals surface area contributed by atoms with Crippen molar-refractivity contribution in [1.29, 1.82) is 0 Å². The van der Waals surface area contributed by atoms with Gasteiger partial charge in [-0.15, -0.1) is 6.58 Å². The smallest absolute Gasteiger partial charge is 0.307 e. The van der Waals surface area contributed by atoms with E-state index in [9.17, 15) is 9.59 Å². The Morgan fingerprint density at radius 2 is 2.07 bits per heavy atom. The van der Waals surface area contributed by atoms with E-state index in [4.69, 9.17) is 5.11 Å². The molecule has 1 aliphatic carbocycles. The minimum atomic E-state index is -0.895. The van der Waals surface area contributed by atoms with Crippen molar-refractivity contribution in [2.24, 2.45) is 17.3 Å². The molecule has 0 bridgehead atoms. The van der Waals surface area contributed by atoms with Crippen LogP contribution in [0.2, 0.25) is 0 Å². The van der Waals surface area contributed by atoms with Crippen LogP contribution in [0.15, 0.2) is 12.7 Å². The van der Waals surface area contributed by atoms with Gasteiger partial charge in [-0.2, -0.15) is 0 Å². The van der Waals surface area contributed by atoms with E-state index in [0.717, 1.165) is 0 Å². The predicted molar refractivity (Wildman–Crippen MR) is 51.6 cm³/mol. The normalized spacial score (nSPS) is 27.9. The van der Waals surface area contributed by atoms with Gasteiger partial charge in [0.1, 0.15) is 0 Å². The molecule has 0 spiro atoms. The lowest BCUT2D eigenvalue weighted by molar-refractivity contribution is -0.140. The van der Waals surface area contributed by atoms with Crippen molar-refractivity contribution in [3.05, 3.63) is 12.7 Å². The van der Waals surface area contributed by atoms with Gasteiger partial charge in [0.15, 0.2) is 0 Å². The summed E-state index contributed by atoms with van der Waals surface area (Å²) in [6.07, 6.45) is 1.57. The maximum atomic E-state index is 11.5. The van der Waals surface area contributed by atoms with Crippen LogP contribution in [0.4, 0.5) is 0 Å². The number of carbonyl (C=O) groups excluding carboxylic acids is 1. The Hall–Kier alpha value is -1.32. The number of rotatable bonds is 4. The Morgan fingerprint density at radius 3 is 2.43 bits per heavy atom. The zero-order valence-electron chi connectivity index (χ0n) is 8.41. The van der Waals surface area contributed by atoms with Gasteiger partial charge in [-0.3, -0.25) is 9.59 Å². The average Bonchev–Trinajstić information content (AvgIpc) is 2.65. The fourth-order valence-corrected chi connectivity index (χ4v) is 1.87. The topological polar surface area (TPSA) is 66.4 Å². The highest BCUT2D eigenvalue weighted by molar-refractivity contribution is 5.91. The summed E-state index contributed by atoms with van der Waals surface area (Å²) in [6.45, 7) is 7.45. The molecule has 78 valence electrons. The van der Waals surface area contributed by atoms with Crippen LogP contribution in [0.3, 0.4) is 0 Å². The highest BCUT2D eigenvalue weighted by Gasteiger charge is 2.65. The summed E-state index contributed by atoms with van der Waals surface area (Å²) in [5.41, 5.74) is -0.420. The van der Waals surface area contributed by atoms with Crippen molar-refractivity contribution in [2.45, 2.75) is 13.8 Å². The van der Waals surface area contributed by atoms with Crippen LogP contribution in [0.1, 0.15) is 13.8 Å². The summed E-state index contributed by atoms with van der Waals surface area (Å²) < 4.78 is 0. The Labute approximate surface area is 83.0 Å². The number of nitrogens with one attached hydrogen (secondary N) is 1. The van der Waals surface area contributed by atoms with E-state index in [1.807, 2.05) is 0 Å². The molecule has 0 radical (unpaired) electrons. The Morgan fingerprint density at radius 1 is 1.50 bits per heavy atom. The third-order valence-electron chi connectivity index (χ3n) is 2.80. The molecule has 0 aromatic rings. The summed E-state index contributed by atoms with van der Waals surface area (Å²) in [5, 5.41) is 11.4. The lowest BCUT2D eigenvalue weighted by Crippen LogP contribution is -2.27. The first-order chi connectivity index (χ1) is 6.42. The van der Waals surface area contributed by atoms with Gasteiger partial charge in [0.2, 0.25) is 5.91 Å². The Bertz CT molecular complexity index is 283. The third kappa shape index (κ3) is 1.64. The predicted octanol–water partition coefficient (Wildman–Crippen LogP) is 0.645. The average molecular weight is 197 g/mol. The van der Waals surface area contributed by atoms with Gasteiger partial charge in [-0.1, -0.05) is 19.9 Å². The van der Waals surface area contributed by atoms with Gasteiger partial charge in [0.05, 0.1) is 11.8 Å². The summed E-state index contributed by atoms with van der Waals surface area (Å²) in [5.74, 6) is -2.04. The van der Waals surface area contributed by atoms with Gasteiger partial charge < -0.3 is 10.4 Å². The van der Waals surface area contributed by atoms with E-state index >= 15 is 0 Å². The molecule has 2 N–H and O–H groups in total. The number of carboxylic acid groups (broad SMARTS) is 1. The van der Waals surface area contributed by atoms with Crippen LogP contribution in [-0.2, 0) is 9.59 Å². The van der Waals surface area contributed by atoms with Crippen LogP contribution in [0, 0.1) is 17.3 Å². The molecule has 0 heterocycles. The van der Waals surface area contributed by atoms with Gasteiger partial charge in [-0.25, -0.2) is 0 Å².